The number of allylic oxidation sites excluding steroid dienone is 3. The number of ketones is 1. The standard InChI is InChI=1S/C16H24N2O2/c1-4-14(18-8-10-20-11-9-18)7-6-13-12-17(3)15(5-2)16(13)19/h4,6-7,15H,1,5,8-12H2,2-3H3/b13-6+,14-7+. The molecule has 2 aliphatic rings. The molecular formula is C16H24N2O2. The number of hydrogen-bond acceptors (Lipinski definition) is 4. The van der Waals surface area contributed by atoms with Crippen LogP contribution in [0.3, 0.4) is 0 Å². The van der Waals surface area contributed by atoms with Crippen LogP contribution in [-0.4, -0.2) is 61.5 Å². The maximum atomic E-state index is 12.2. The van der Waals surface area contributed by atoms with Crippen molar-refractivity contribution in [3.8, 4) is 0 Å². The van der Waals surface area contributed by atoms with E-state index in [9.17, 15) is 4.79 Å². The van der Waals surface area contributed by atoms with Crippen molar-refractivity contribution in [3.05, 3.63) is 36.1 Å². The second kappa shape index (κ2) is 6.86. The van der Waals surface area contributed by atoms with Crippen molar-refractivity contribution in [2.45, 2.75) is 19.4 Å². The molecule has 1 atom stereocenters. The number of likely N-dealkylation sites (N-methyl/N-ethyl adjacent to an activating group) is 1. The van der Waals surface area contributed by atoms with Gasteiger partial charge in [-0.1, -0.05) is 19.6 Å². The van der Waals surface area contributed by atoms with Gasteiger partial charge >= 0.3 is 0 Å². The van der Waals surface area contributed by atoms with Crippen molar-refractivity contribution in [1.29, 1.82) is 0 Å². The van der Waals surface area contributed by atoms with Gasteiger partial charge in [0.1, 0.15) is 0 Å². The topological polar surface area (TPSA) is 32.8 Å². The Bertz CT molecular complexity index is 428. The number of carbonyl (C=O) groups is 1. The van der Waals surface area contributed by atoms with Crippen LogP contribution in [0, 0.1) is 0 Å². The van der Waals surface area contributed by atoms with E-state index in [0.717, 1.165) is 50.5 Å². The van der Waals surface area contributed by atoms with Crippen molar-refractivity contribution in [2.75, 3.05) is 39.9 Å². The molecular weight excluding hydrogens is 252 g/mol. The van der Waals surface area contributed by atoms with Crippen LogP contribution in [0.2, 0.25) is 0 Å². The van der Waals surface area contributed by atoms with Crippen LogP contribution in [0.15, 0.2) is 36.1 Å². The Hall–Kier alpha value is -1.39. The van der Waals surface area contributed by atoms with E-state index in [1.807, 2.05) is 25.3 Å². The van der Waals surface area contributed by atoms with Gasteiger partial charge in [0, 0.05) is 30.9 Å². The minimum atomic E-state index is 0.0465. The van der Waals surface area contributed by atoms with Crippen LogP contribution in [0.4, 0.5) is 0 Å². The van der Waals surface area contributed by atoms with Gasteiger partial charge < -0.3 is 9.64 Å². The summed E-state index contributed by atoms with van der Waals surface area (Å²) in [7, 11) is 2.01. The van der Waals surface area contributed by atoms with E-state index >= 15 is 0 Å². The normalized spacial score (nSPS) is 27.4. The molecule has 0 spiro atoms. The van der Waals surface area contributed by atoms with Gasteiger partial charge in [-0.3, -0.25) is 9.69 Å². The zero-order valence-corrected chi connectivity index (χ0v) is 12.5. The average Bonchev–Trinajstić information content (AvgIpc) is 2.75. The summed E-state index contributed by atoms with van der Waals surface area (Å²) in [6.45, 7) is 9.93. The Kier molecular flexibility index (Phi) is 5.15. The molecule has 0 aromatic rings. The van der Waals surface area contributed by atoms with Crippen LogP contribution in [0.5, 0.6) is 0 Å². The van der Waals surface area contributed by atoms with Gasteiger partial charge in [-0.2, -0.15) is 0 Å². The summed E-state index contributed by atoms with van der Waals surface area (Å²) in [6, 6.07) is 0.0465. The van der Waals surface area contributed by atoms with Crippen LogP contribution in [-0.2, 0) is 9.53 Å². The Morgan fingerprint density at radius 1 is 1.45 bits per heavy atom. The van der Waals surface area contributed by atoms with Crippen LogP contribution < -0.4 is 0 Å². The maximum Gasteiger partial charge on any atom is 0.177 e. The Morgan fingerprint density at radius 2 is 2.15 bits per heavy atom. The molecule has 4 nitrogen and oxygen atoms in total. The van der Waals surface area contributed by atoms with E-state index in [-0.39, 0.29) is 11.8 Å². The highest BCUT2D eigenvalue weighted by molar-refractivity contribution is 6.02. The van der Waals surface area contributed by atoms with Crippen molar-refractivity contribution in [3.63, 3.8) is 0 Å². The number of nitrogens with zero attached hydrogens (tertiary/aromatic N) is 2. The summed E-state index contributed by atoms with van der Waals surface area (Å²) in [5.41, 5.74) is 1.96. The molecule has 4 heteroatoms. The molecule has 0 bridgehead atoms. The molecule has 2 saturated heterocycles. The molecule has 0 amide bonds. The van der Waals surface area contributed by atoms with Gasteiger partial charge in [0.25, 0.3) is 0 Å². The highest BCUT2D eigenvalue weighted by Gasteiger charge is 2.31. The number of morpholine rings is 1. The lowest BCUT2D eigenvalue weighted by Crippen LogP contribution is -2.35. The number of ether oxygens (including phenoxy) is 1. The molecule has 0 aromatic carbocycles. The first-order valence-corrected chi connectivity index (χ1v) is 7.27. The lowest BCUT2D eigenvalue weighted by molar-refractivity contribution is -0.117. The fraction of sp³-hybridized carbons (Fsp3) is 0.562. The predicted molar refractivity (Wildman–Crippen MR) is 80.5 cm³/mol. The minimum absolute atomic E-state index is 0.0465. The largest absolute Gasteiger partial charge is 0.378 e. The summed E-state index contributed by atoms with van der Waals surface area (Å²) < 4.78 is 5.35. The van der Waals surface area contributed by atoms with Crippen LogP contribution >= 0.6 is 0 Å². The fourth-order valence-electron chi connectivity index (χ4n) is 2.81. The number of carbonyl (C=O) groups excluding carboxylic acids is 1. The van der Waals surface area contributed by atoms with Gasteiger partial charge in [0.2, 0.25) is 0 Å². The monoisotopic (exact) mass is 276 g/mol. The SMILES string of the molecule is C=C/C(=C\C=C1/CN(C)C(CC)C1=O)N1CCOCC1. The minimum Gasteiger partial charge on any atom is -0.378 e. The smallest absolute Gasteiger partial charge is 0.177 e. The van der Waals surface area contributed by atoms with Crippen LogP contribution in [0.25, 0.3) is 0 Å². The summed E-state index contributed by atoms with van der Waals surface area (Å²) in [5, 5.41) is 0. The Balaban J connectivity index is 2.11. The molecule has 0 saturated carbocycles. The Labute approximate surface area is 121 Å². The lowest BCUT2D eigenvalue weighted by Gasteiger charge is -2.29. The van der Waals surface area contributed by atoms with E-state index in [1.54, 1.807) is 0 Å². The third-order valence-electron chi connectivity index (χ3n) is 4.00. The fourth-order valence-corrected chi connectivity index (χ4v) is 2.81. The summed E-state index contributed by atoms with van der Waals surface area (Å²) in [4.78, 5) is 16.6. The Morgan fingerprint density at radius 3 is 2.70 bits per heavy atom. The van der Waals surface area contributed by atoms with E-state index in [1.165, 1.54) is 0 Å². The first kappa shape index (κ1) is 15.0. The van der Waals surface area contributed by atoms with Gasteiger partial charge in [-0.25, -0.2) is 0 Å². The maximum absolute atomic E-state index is 12.2. The van der Waals surface area contributed by atoms with Gasteiger partial charge in [-0.05, 0) is 25.6 Å². The molecule has 0 radical (unpaired) electrons. The molecule has 2 heterocycles. The van der Waals surface area contributed by atoms with Crippen molar-refractivity contribution in [1.82, 2.24) is 9.80 Å². The van der Waals surface area contributed by atoms with Crippen molar-refractivity contribution >= 4 is 5.78 Å². The molecule has 2 rings (SSSR count). The zero-order chi connectivity index (χ0) is 14.5. The number of rotatable bonds is 4. The first-order chi connectivity index (χ1) is 9.67. The summed E-state index contributed by atoms with van der Waals surface area (Å²) in [6.07, 6.45) is 6.69. The molecule has 1 unspecified atom stereocenters. The highest BCUT2D eigenvalue weighted by Crippen LogP contribution is 2.20. The number of hydrogen-bond donors (Lipinski definition) is 0. The average molecular weight is 276 g/mol. The molecule has 2 aliphatic heterocycles. The van der Waals surface area contributed by atoms with E-state index in [2.05, 4.69) is 23.3 Å². The molecule has 0 aromatic heterocycles. The van der Waals surface area contributed by atoms with E-state index < -0.39 is 0 Å². The predicted octanol–water partition coefficient (Wildman–Crippen LogP) is 1.61. The molecule has 2 fully saturated rings. The van der Waals surface area contributed by atoms with Crippen LogP contribution in [0.1, 0.15) is 13.3 Å². The molecule has 0 N–H and O–H groups in total. The van der Waals surface area contributed by atoms with E-state index in [0.29, 0.717) is 0 Å². The van der Waals surface area contributed by atoms with Gasteiger partial charge in [-0.15, -0.1) is 0 Å². The van der Waals surface area contributed by atoms with Crippen molar-refractivity contribution in [2.24, 2.45) is 0 Å². The summed E-state index contributed by atoms with van der Waals surface area (Å²) in [5.74, 6) is 0.261. The molecule has 20 heavy (non-hydrogen) atoms. The highest BCUT2D eigenvalue weighted by atomic mass is 16.5. The molecule has 110 valence electrons. The quantitative estimate of drug-likeness (QED) is 0.577. The zero-order valence-electron chi connectivity index (χ0n) is 12.5. The third kappa shape index (κ3) is 3.19. The van der Waals surface area contributed by atoms with Gasteiger partial charge in [0.05, 0.1) is 19.3 Å². The first-order valence-electron chi connectivity index (χ1n) is 7.27. The summed E-state index contributed by atoms with van der Waals surface area (Å²) >= 11 is 0. The van der Waals surface area contributed by atoms with E-state index in [4.69, 9.17) is 4.74 Å². The third-order valence-corrected chi connectivity index (χ3v) is 4.00. The van der Waals surface area contributed by atoms with Crippen molar-refractivity contribution < 1.29 is 9.53 Å². The second-order valence-electron chi connectivity index (χ2n) is 5.29. The number of Topliss-reactive ketones (excluding diaryl/α,β-unsaturated/α-hetero) is 1. The second-order valence-corrected chi connectivity index (χ2v) is 5.29. The number of likely N-dealkylation sites (tertiary alicyclic amines) is 1. The lowest BCUT2D eigenvalue weighted by atomic mass is 10.1. The van der Waals surface area contributed by atoms with Gasteiger partial charge in [0.15, 0.2) is 5.78 Å². The molecule has 0 aliphatic carbocycles.